The molecule has 0 saturated carbocycles. The number of rotatable bonds is 5. The normalized spacial score (nSPS) is 11.4. The molecule has 0 saturated heterocycles. The van der Waals surface area contributed by atoms with Crippen molar-refractivity contribution in [1.82, 2.24) is 0 Å². The quantitative estimate of drug-likeness (QED) is 0.589. The molecule has 2 aromatic carbocycles. The van der Waals surface area contributed by atoms with Gasteiger partial charge in [-0.3, -0.25) is 4.79 Å². The maximum absolute atomic E-state index is 13.5. The van der Waals surface area contributed by atoms with Gasteiger partial charge in [0.05, 0.1) is 9.86 Å². The number of aliphatic carboxylic acids is 1. The Kier molecular flexibility index (Phi) is 5.32. The number of ether oxygens (including phenoxy) is 2. The van der Waals surface area contributed by atoms with Gasteiger partial charge in [-0.1, -0.05) is 12.1 Å². The highest BCUT2D eigenvalue weighted by Crippen LogP contribution is 2.39. The van der Waals surface area contributed by atoms with Crippen molar-refractivity contribution in [2.75, 3.05) is 6.61 Å². The van der Waals surface area contributed by atoms with Gasteiger partial charge in [0.25, 0.3) is 5.76 Å². The number of alkyl halides is 3. The molecule has 0 radical (unpaired) electrons. The third kappa shape index (κ3) is 4.11. The SMILES string of the molecule is O=C(O)COc1ccc2c(=O)c(Oc3ccccc3Br)c(C(F)(F)F)oc2c1. The summed E-state index contributed by atoms with van der Waals surface area (Å²) in [5, 5.41) is 8.43. The maximum atomic E-state index is 13.5. The van der Waals surface area contributed by atoms with E-state index in [4.69, 9.17) is 19.0 Å². The molecule has 146 valence electrons. The molecule has 10 heteroatoms. The highest BCUT2D eigenvalue weighted by atomic mass is 79.9. The van der Waals surface area contributed by atoms with Crippen LogP contribution in [0.1, 0.15) is 5.76 Å². The van der Waals surface area contributed by atoms with Gasteiger partial charge in [-0.2, -0.15) is 13.2 Å². The van der Waals surface area contributed by atoms with Crippen LogP contribution in [-0.2, 0) is 11.0 Å². The Hall–Kier alpha value is -3.01. The fourth-order valence-electron chi connectivity index (χ4n) is 2.31. The fraction of sp³-hybridized carbons (Fsp3) is 0.111. The number of fused-ring (bicyclic) bond motifs is 1. The van der Waals surface area contributed by atoms with Gasteiger partial charge in [-0.05, 0) is 40.2 Å². The molecule has 0 bridgehead atoms. The van der Waals surface area contributed by atoms with E-state index >= 15 is 0 Å². The second-order valence-corrected chi connectivity index (χ2v) is 6.31. The molecule has 0 aliphatic rings. The standard InChI is InChI=1S/C18H10BrF3O6/c19-11-3-1-2-4-12(11)27-16-15(25)10-6-5-9(26-8-14(23)24)7-13(10)28-17(16)18(20,21)22/h1-7H,8H2,(H,23,24). The van der Waals surface area contributed by atoms with E-state index < -0.39 is 41.3 Å². The summed E-state index contributed by atoms with van der Waals surface area (Å²) in [7, 11) is 0. The molecule has 0 fully saturated rings. The summed E-state index contributed by atoms with van der Waals surface area (Å²) in [5.41, 5.74) is -1.45. The minimum absolute atomic E-state index is 0.000983. The Morgan fingerprint density at radius 1 is 1.18 bits per heavy atom. The first-order valence-electron chi connectivity index (χ1n) is 7.62. The highest BCUT2D eigenvalue weighted by Gasteiger charge is 2.40. The minimum atomic E-state index is -5.01. The molecule has 6 nitrogen and oxygen atoms in total. The molecule has 3 rings (SSSR count). The molecule has 1 aromatic heterocycles. The second kappa shape index (κ2) is 7.55. The molecule has 28 heavy (non-hydrogen) atoms. The summed E-state index contributed by atoms with van der Waals surface area (Å²) in [6.07, 6.45) is -5.01. The van der Waals surface area contributed by atoms with E-state index in [1.165, 1.54) is 30.3 Å². The molecule has 1 N–H and O–H groups in total. The number of benzene rings is 2. The number of hydrogen-bond acceptors (Lipinski definition) is 5. The third-order valence-electron chi connectivity index (χ3n) is 3.49. The van der Waals surface area contributed by atoms with E-state index in [0.717, 1.165) is 6.07 Å². The minimum Gasteiger partial charge on any atom is -0.482 e. The Labute approximate surface area is 163 Å². The molecule has 1 heterocycles. The van der Waals surface area contributed by atoms with E-state index in [9.17, 15) is 22.8 Å². The van der Waals surface area contributed by atoms with Crippen molar-refractivity contribution in [3.05, 3.63) is 62.9 Å². The fourth-order valence-corrected chi connectivity index (χ4v) is 2.67. The Morgan fingerprint density at radius 2 is 1.89 bits per heavy atom. The topological polar surface area (TPSA) is 86.0 Å². The monoisotopic (exact) mass is 458 g/mol. The van der Waals surface area contributed by atoms with Gasteiger partial charge in [-0.25, -0.2) is 4.79 Å². The lowest BCUT2D eigenvalue weighted by atomic mass is 10.2. The number of hydrogen-bond donors (Lipinski definition) is 1. The predicted octanol–water partition coefficient (Wildman–Crippen LogP) is 4.83. The van der Waals surface area contributed by atoms with E-state index in [0.29, 0.717) is 4.47 Å². The first kappa shape index (κ1) is 19.7. The van der Waals surface area contributed by atoms with Crippen molar-refractivity contribution in [3.63, 3.8) is 0 Å². The van der Waals surface area contributed by atoms with Gasteiger partial charge in [-0.15, -0.1) is 0 Å². The summed E-state index contributed by atoms with van der Waals surface area (Å²) in [6.45, 7) is -0.703. The molecule has 0 aliphatic heterocycles. The average Bonchev–Trinajstić information content (AvgIpc) is 2.62. The van der Waals surface area contributed by atoms with Gasteiger partial charge >= 0.3 is 12.1 Å². The zero-order valence-electron chi connectivity index (χ0n) is 13.7. The van der Waals surface area contributed by atoms with E-state index in [1.54, 1.807) is 6.07 Å². The number of carbonyl (C=O) groups is 1. The van der Waals surface area contributed by atoms with E-state index in [1.807, 2.05) is 0 Å². The molecule has 0 spiro atoms. The van der Waals surface area contributed by atoms with Crippen molar-refractivity contribution < 1.29 is 37.0 Å². The van der Waals surface area contributed by atoms with Crippen molar-refractivity contribution in [2.45, 2.75) is 6.18 Å². The van der Waals surface area contributed by atoms with Crippen molar-refractivity contribution in [3.8, 4) is 17.2 Å². The van der Waals surface area contributed by atoms with Crippen molar-refractivity contribution >= 4 is 32.9 Å². The summed E-state index contributed by atoms with van der Waals surface area (Å²) >= 11 is 3.14. The zero-order valence-corrected chi connectivity index (χ0v) is 15.3. The first-order chi connectivity index (χ1) is 13.2. The number of halogens is 4. The lowest BCUT2D eigenvalue weighted by Crippen LogP contribution is -2.15. The van der Waals surface area contributed by atoms with E-state index in [-0.39, 0.29) is 16.9 Å². The first-order valence-corrected chi connectivity index (χ1v) is 8.41. The largest absolute Gasteiger partial charge is 0.482 e. The van der Waals surface area contributed by atoms with Crippen LogP contribution in [0.4, 0.5) is 13.2 Å². The van der Waals surface area contributed by atoms with Crippen LogP contribution in [0.2, 0.25) is 0 Å². The molecule has 0 unspecified atom stereocenters. The van der Waals surface area contributed by atoms with Crippen LogP contribution < -0.4 is 14.9 Å². The molecule has 0 aliphatic carbocycles. The molecular formula is C18H10BrF3O6. The Morgan fingerprint density at radius 3 is 2.54 bits per heavy atom. The van der Waals surface area contributed by atoms with E-state index in [2.05, 4.69) is 15.9 Å². The number of para-hydroxylation sites is 1. The lowest BCUT2D eigenvalue weighted by Gasteiger charge is -2.14. The molecular weight excluding hydrogens is 449 g/mol. The average molecular weight is 459 g/mol. The van der Waals surface area contributed by atoms with Crippen LogP contribution >= 0.6 is 15.9 Å². The van der Waals surface area contributed by atoms with Crippen LogP contribution in [0.25, 0.3) is 11.0 Å². The van der Waals surface area contributed by atoms with Gasteiger partial charge in [0, 0.05) is 6.07 Å². The molecule has 3 aromatic rings. The lowest BCUT2D eigenvalue weighted by molar-refractivity contribution is -0.154. The molecule has 0 amide bonds. The highest BCUT2D eigenvalue weighted by molar-refractivity contribution is 9.10. The summed E-state index contributed by atoms with van der Waals surface area (Å²) in [5.74, 6) is -3.95. The zero-order chi connectivity index (χ0) is 20.5. The van der Waals surface area contributed by atoms with Crippen molar-refractivity contribution in [1.29, 1.82) is 0 Å². The van der Waals surface area contributed by atoms with Crippen LogP contribution in [0.3, 0.4) is 0 Å². The maximum Gasteiger partial charge on any atom is 0.453 e. The Bertz CT molecular complexity index is 1110. The van der Waals surface area contributed by atoms with Crippen molar-refractivity contribution in [2.24, 2.45) is 0 Å². The van der Waals surface area contributed by atoms with Crippen LogP contribution in [0.15, 0.2) is 56.1 Å². The summed E-state index contributed by atoms with van der Waals surface area (Å²) in [6, 6.07) is 9.51. The van der Waals surface area contributed by atoms with Gasteiger partial charge in [0.15, 0.2) is 6.61 Å². The Balaban J connectivity index is 2.16. The van der Waals surface area contributed by atoms with Gasteiger partial charge < -0.3 is 19.0 Å². The summed E-state index contributed by atoms with van der Waals surface area (Å²) < 4.78 is 55.8. The second-order valence-electron chi connectivity index (χ2n) is 5.46. The number of carboxylic acids is 1. The van der Waals surface area contributed by atoms with Gasteiger partial charge in [0.1, 0.15) is 17.1 Å². The van der Waals surface area contributed by atoms with Crippen LogP contribution in [0.5, 0.6) is 17.2 Å². The summed E-state index contributed by atoms with van der Waals surface area (Å²) in [4.78, 5) is 23.2. The molecule has 0 atom stereocenters. The smallest absolute Gasteiger partial charge is 0.453 e. The van der Waals surface area contributed by atoms with Crippen LogP contribution in [0, 0.1) is 0 Å². The van der Waals surface area contributed by atoms with Crippen LogP contribution in [-0.4, -0.2) is 17.7 Å². The third-order valence-corrected chi connectivity index (χ3v) is 4.15. The van der Waals surface area contributed by atoms with Gasteiger partial charge in [0.2, 0.25) is 11.2 Å². The predicted molar refractivity (Wildman–Crippen MR) is 94.8 cm³/mol. The number of carboxylic acid groups (broad SMARTS) is 1.